The molecule has 1 aromatic carbocycles. The predicted molar refractivity (Wildman–Crippen MR) is 119 cm³/mol. The molecule has 2 unspecified atom stereocenters. The maximum atomic E-state index is 13.9. The standard InChI is InChI=1S/C23H32FN3O2S/c1-30-17-25-9-6-18(22(28)27-11-3-12-27)15-26-10-2-7-23(8-13-26)21-14-20(24)5-4-19(21)16-29-23/h4-5,14,17-18H,2-3,6-13,15-16H2,1H3. The molecular formula is C23H32FN3O2S. The number of carbonyl (C=O) groups is 1. The summed E-state index contributed by atoms with van der Waals surface area (Å²) in [6.07, 6.45) is 6.64. The summed E-state index contributed by atoms with van der Waals surface area (Å²) < 4.78 is 20.2. The molecule has 0 saturated carbocycles. The van der Waals surface area contributed by atoms with Gasteiger partial charge in [0.1, 0.15) is 5.82 Å². The minimum atomic E-state index is -0.369. The summed E-state index contributed by atoms with van der Waals surface area (Å²) >= 11 is 1.59. The van der Waals surface area contributed by atoms with Crippen LogP contribution in [-0.4, -0.2) is 66.8 Å². The van der Waals surface area contributed by atoms with Gasteiger partial charge in [0.15, 0.2) is 0 Å². The van der Waals surface area contributed by atoms with Crippen LogP contribution >= 0.6 is 11.8 Å². The van der Waals surface area contributed by atoms with Gasteiger partial charge in [-0.3, -0.25) is 9.79 Å². The zero-order chi connectivity index (χ0) is 21.0. The van der Waals surface area contributed by atoms with Crippen molar-refractivity contribution in [2.75, 3.05) is 45.5 Å². The number of amides is 1. The number of rotatable bonds is 7. The molecule has 0 aromatic heterocycles. The van der Waals surface area contributed by atoms with E-state index in [9.17, 15) is 9.18 Å². The second kappa shape index (κ2) is 9.79. The molecule has 3 aliphatic heterocycles. The van der Waals surface area contributed by atoms with Gasteiger partial charge in [-0.1, -0.05) is 6.07 Å². The normalized spacial score (nSPS) is 25.3. The van der Waals surface area contributed by atoms with Crippen molar-refractivity contribution in [3.63, 3.8) is 0 Å². The Bertz CT molecular complexity index is 786. The molecule has 3 aliphatic rings. The first kappa shape index (κ1) is 21.8. The number of benzene rings is 1. The highest BCUT2D eigenvalue weighted by atomic mass is 32.2. The number of halogens is 1. The number of aliphatic imine (C=N–C) groups is 1. The smallest absolute Gasteiger partial charge is 0.227 e. The van der Waals surface area contributed by atoms with Crippen molar-refractivity contribution in [2.45, 2.75) is 44.3 Å². The Hall–Kier alpha value is -1.44. The van der Waals surface area contributed by atoms with Crippen LogP contribution in [0.3, 0.4) is 0 Å². The van der Waals surface area contributed by atoms with Crippen molar-refractivity contribution in [3.8, 4) is 0 Å². The van der Waals surface area contributed by atoms with E-state index < -0.39 is 0 Å². The number of ether oxygens (including phenoxy) is 1. The number of thioether (sulfide) groups is 1. The number of likely N-dealkylation sites (tertiary alicyclic amines) is 2. The fraction of sp³-hybridized carbons (Fsp3) is 0.652. The quantitative estimate of drug-likeness (QED) is 0.486. The molecule has 2 fully saturated rings. The van der Waals surface area contributed by atoms with Crippen molar-refractivity contribution in [2.24, 2.45) is 10.9 Å². The first-order valence-corrected chi connectivity index (χ1v) is 12.4. The van der Waals surface area contributed by atoms with E-state index in [1.807, 2.05) is 22.8 Å². The lowest BCUT2D eigenvalue weighted by molar-refractivity contribution is -0.139. The van der Waals surface area contributed by atoms with Gasteiger partial charge in [0.05, 0.1) is 23.7 Å². The molecule has 0 aliphatic carbocycles. The molecule has 164 valence electrons. The maximum Gasteiger partial charge on any atom is 0.227 e. The Labute approximate surface area is 183 Å². The third-order valence-electron chi connectivity index (χ3n) is 6.74. The SMILES string of the molecule is CSC=NCCC(CN1CCCC2(CC1)OCc1ccc(F)cc12)C(=O)N1CCC1. The van der Waals surface area contributed by atoms with Gasteiger partial charge >= 0.3 is 0 Å². The maximum absolute atomic E-state index is 13.9. The van der Waals surface area contributed by atoms with Gasteiger partial charge in [-0.15, -0.1) is 11.8 Å². The molecule has 7 heteroatoms. The molecule has 2 saturated heterocycles. The van der Waals surface area contributed by atoms with Crippen LogP contribution in [0, 0.1) is 11.7 Å². The predicted octanol–water partition coefficient (Wildman–Crippen LogP) is 3.67. The van der Waals surface area contributed by atoms with E-state index in [0.717, 1.165) is 76.0 Å². The molecule has 1 amide bonds. The lowest BCUT2D eigenvalue weighted by atomic mass is 9.86. The molecule has 1 spiro atoms. The Morgan fingerprint density at radius 2 is 2.17 bits per heavy atom. The van der Waals surface area contributed by atoms with Gasteiger partial charge in [-0.2, -0.15) is 0 Å². The Kier molecular flexibility index (Phi) is 7.11. The highest BCUT2D eigenvalue weighted by Crippen LogP contribution is 2.44. The van der Waals surface area contributed by atoms with Crippen LogP contribution < -0.4 is 0 Å². The molecule has 0 bridgehead atoms. The van der Waals surface area contributed by atoms with Crippen LogP contribution in [-0.2, 0) is 21.7 Å². The van der Waals surface area contributed by atoms with Crippen LogP contribution in [0.25, 0.3) is 0 Å². The third kappa shape index (κ3) is 4.73. The van der Waals surface area contributed by atoms with Gasteiger partial charge in [-0.05, 0) is 68.2 Å². The number of carbonyl (C=O) groups excluding carboxylic acids is 1. The fourth-order valence-electron chi connectivity index (χ4n) is 4.91. The zero-order valence-corrected chi connectivity index (χ0v) is 18.6. The van der Waals surface area contributed by atoms with E-state index in [4.69, 9.17) is 4.74 Å². The van der Waals surface area contributed by atoms with Crippen molar-refractivity contribution in [3.05, 3.63) is 35.1 Å². The summed E-state index contributed by atoms with van der Waals surface area (Å²) in [5, 5.41) is 0. The summed E-state index contributed by atoms with van der Waals surface area (Å²) in [6.45, 7) is 5.64. The average Bonchev–Trinajstić information content (AvgIpc) is 2.90. The molecule has 0 N–H and O–H groups in total. The van der Waals surface area contributed by atoms with Crippen molar-refractivity contribution in [1.29, 1.82) is 0 Å². The third-order valence-corrected chi connectivity index (χ3v) is 7.10. The summed E-state index contributed by atoms with van der Waals surface area (Å²) in [6, 6.07) is 5.05. The van der Waals surface area contributed by atoms with E-state index in [1.54, 1.807) is 17.8 Å². The topological polar surface area (TPSA) is 45.1 Å². The van der Waals surface area contributed by atoms with Crippen LogP contribution in [0.4, 0.5) is 4.39 Å². The molecular weight excluding hydrogens is 401 g/mol. The Balaban J connectivity index is 1.41. The lowest BCUT2D eigenvalue weighted by Crippen LogP contribution is -2.48. The van der Waals surface area contributed by atoms with Gasteiger partial charge in [0.2, 0.25) is 5.91 Å². The summed E-state index contributed by atoms with van der Waals surface area (Å²) in [7, 11) is 0. The molecule has 5 nitrogen and oxygen atoms in total. The Morgan fingerprint density at radius 3 is 2.93 bits per heavy atom. The largest absolute Gasteiger partial charge is 0.366 e. The van der Waals surface area contributed by atoms with Crippen LogP contribution in [0.15, 0.2) is 23.2 Å². The van der Waals surface area contributed by atoms with Gasteiger partial charge in [-0.25, -0.2) is 4.39 Å². The molecule has 1 aromatic rings. The molecule has 3 heterocycles. The minimum Gasteiger partial charge on any atom is -0.366 e. The van der Waals surface area contributed by atoms with Crippen molar-refractivity contribution >= 4 is 23.2 Å². The number of hydrogen-bond acceptors (Lipinski definition) is 5. The van der Waals surface area contributed by atoms with E-state index in [1.165, 1.54) is 6.07 Å². The monoisotopic (exact) mass is 433 g/mol. The molecule has 0 radical (unpaired) electrons. The van der Waals surface area contributed by atoms with Crippen molar-refractivity contribution < 1.29 is 13.9 Å². The van der Waals surface area contributed by atoms with E-state index in [0.29, 0.717) is 13.2 Å². The van der Waals surface area contributed by atoms with Crippen LogP contribution in [0.2, 0.25) is 0 Å². The minimum absolute atomic E-state index is 0.00687. The lowest BCUT2D eigenvalue weighted by Gasteiger charge is -2.36. The van der Waals surface area contributed by atoms with E-state index in [-0.39, 0.29) is 23.2 Å². The van der Waals surface area contributed by atoms with Crippen LogP contribution in [0.1, 0.15) is 43.2 Å². The Morgan fingerprint density at radius 1 is 1.30 bits per heavy atom. The highest BCUT2D eigenvalue weighted by molar-refractivity contribution is 8.11. The summed E-state index contributed by atoms with van der Waals surface area (Å²) in [5.41, 5.74) is 3.63. The second-order valence-corrected chi connectivity index (χ2v) is 9.33. The zero-order valence-electron chi connectivity index (χ0n) is 17.8. The van der Waals surface area contributed by atoms with Gasteiger partial charge < -0.3 is 14.5 Å². The second-order valence-electron chi connectivity index (χ2n) is 8.65. The van der Waals surface area contributed by atoms with Crippen molar-refractivity contribution in [1.82, 2.24) is 9.80 Å². The average molecular weight is 434 g/mol. The number of fused-ring (bicyclic) bond motifs is 2. The van der Waals surface area contributed by atoms with Gasteiger partial charge in [0, 0.05) is 32.7 Å². The number of hydrogen-bond donors (Lipinski definition) is 0. The molecule has 2 atom stereocenters. The first-order valence-electron chi connectivity index (χ1n) is 11.1. The van der Waals surface area contributed by atoms with E-state index in [2.05, 4.69) is 9.89 Å². The molecule has 4 rings (SSSR count). The first-order chi connectivity index (χ1) is 14.6. The number of nitrogens with zero attached hydrogens (tertiary/aromatic N) is 3. The highest BCUT2D eigenvalue weighted by Gasteiger charge is 2.42. The molecule has 30 heavy (non-hydrogen) atoms. The van der Waals surface area contributed by atoms with E-state index >= 15 is 0 Å². The fourth-order valence-corrected chi connectivity index (χ4v) is 5.16. The summed E-state index contributed by atoms with van der Waals surface area (Å²) in [5.74, 6) is 0.0856. The summed E-state index contributed by atoms with van der Waals surface area (Å²) in [4.78, 5) is 21.8. The van der Waals surface area contributed by atoms with Crippen LogP contribution in [0.5, 0.6) is 0 Å². The van der Waals surface area contributed by atoms with Gasteiger partial charge in [0.25, 0.3) is 0 Å².